The standard InChI is InChI=1S/C19H31N3O2.2ClH/c1-3-22(4-2)13-14-24-18-11-6-5-9-16(18)15-21-19(23)17-10-7-8-12-20-17;;/h5-6,9,11,17,20H,3-4,7-8,10,12-15H2,1-2H3,(H,21,23);2*1H. The van der Waals surface area contributed by atoms with Crippen molar-refractivity contribution in [3.63, 3.8) is 0 Å². The first-order valence-corrected chi connectivity index (χ1v) is 9.18. The van der Waals surface area contributed by atoms with Gasteiger partial charge in [0.15, 0.2) is 0 Å². The number of para-hydroxylation sites is 1. The Morgan fingerprint density at radius 2 is 1.96 bits per heavy atom. The summed E-state index contributed by atoms with van der Waals surface area (Å²) in [7, 11) is 0. The SMILES string of the molecule is CCN(CC)CCOc1ccccc1CNC(=O)C1CCCCN1.Cl.Cl. The third-order valence-electron chi connectivity index (χ3n) is 4.61. The summed E-state index contributed by atoms with van der Waals surface area (Å²) in [6.45, 7) is 9.41. The summed E-state index contributed by atoms with van der Waals surface area (Å²) in [6, 6.07) is 7.90. The average Bonchev–Trinajstić information content (AvgIpc) is 2.65. The number of hydrogen-bond donors (Lipinski definition) is 2. The lowest BCUT2D eigenvalue weighted by Gasteiger charge is -2.23. The van der Waals surface area contributed by atoms with Gasteiger partial charge in [-0.15, -0.1) is 24.8 Å². The average molecular weight is 406 g/mol. The molecular formula is C19H33Cl2N3O2. The maximum Gasteiger partial charge on any atom is 0.237 e. The second kappa shape index (κ2) is 14.1. The van der Waals surface area contributed by atoms with Crippen LogP contribution in [0, 0.1) is 0 Å². The summed E-state index contributed by atoms with van der Waals surface area (Å²) >= 11 is 0. The monoisotopic (exact) mass is 405 g/mol. The Kier molecular flexibility index (Phi) is 13.6. The normalized spacial score (nSPS) is 16.3. The van der Waals surface area contributed by atoms with Crippen LogP contribution in [0.2, 0.25) is 0 Å². The fourth-order valence-corrected chi connectivity index (χ4v) is 3.00. The number of carbonyl (C=O) groups excluding carboxylic acids is 1. The number of rotatable bonds is 9. The first-order valence-electron chi connectivity index (χ1n) is 9.18. The van der Waals surface area contributed by atoms with E-state index in [0.29, 0.717) is 13.2 Å². The van der Waals surface area contributed by atoms with Gasteiger partial charge in [-0.2, -0.15) is 0 Å². The van der Waals surface area contributed by atoms with Gasteiger partial charge in [-0.3, -0.25) is 4.79 Å². The minimum absolute atomic E-state index is 0. The molecule has 1 aliphatic heterocycles. The van der Waals surface area contributed by atoms with Crippen LogP contribution in [0.1, 0.15) is 38.7 Å². The number of nitrogens with zero attached hydrogens (tertiary/aromatic N) is 1. The predicted molar refractivity (Wildman–Crippen MR) is 112 cm³/mol. The van der Waals surface area contributed by atoms with Crippen molar-refractivity contribution in [2.24, 2.45) is 0 Å². The fraction of sp³-hybridized carbons (Fsp3) is 0.632. The van der Waals surface area contributed by atoms with Crippen molar-refractivity contribution in [2.75, 3.05) is 32.8 Å². The van der Waals surface area contributed by atoms with Gasteiger partial charge in [0.25, 0.3) is 0 Å². The van der Waals surface area contributed by atoms with E-state index >= 15 is 0 Å². The van der Waals surface area contributed by atoms with Crippen molar-refractivity contribution in [1.82, 2.24) is 15.5 Å². The molecule has 26 heavy (non-hydrogen) atoms. The van der Waals surface area contributed by atoms with E-state index in [0.717, 1.165) is 56.8 Å². The number of ether oxygens (including phenoxy) is 1. The van der Waals surface area contributed by atoms with Gasteiger partial charge < -0.3 is 20.3 Å². The number of halogens is 2. The molecule has 150 valence electrons. The molecule has 0 spiro atoms. The molecule has 1 aromatic rings. The molecule has 0 aromatic heterocycles. The van der Waals surface area contributed by atoms with Crippen molar-refractivity contribution in [3.8, 4) is 5.75 Å². The van der Waals surface area contributed by atoms with Crippen LogP contribution < -0.4 is 15.4 Å². The maximum absolute atomic E-state index is 12.2. The Hall–Kier alpha value is -1.01. The molecule has 1 aliphatic rings. The van der Waals surface area contributed by atoms with E-state index in [1.54, 1.807) is 0 Å². The minimum Gasteiger partial charge on any atom is -0.492 e. The summed E-state index contributed by atoms with van der Waals surface area (Å²) in [5, 5.41) is 6.32. The van der Waals surface area contributed by atoms with Crippen LogP contribution in [0.25, 0.3) is 0 Å². The Morgan fingerprint density at radius 1 is 1.23 bits per heavy atom. The number of benzene rings is 1. The van der Waals surface area contributed by atoms with E-state index in [4.69, 9.17) is 4.74 Å². The number of carbonyl (C=O) groups is 1. The topological polar surface area (TPSA) is 53.6 Å². The molecule has 2 rings (SSSR count). The van der Waals surface area contributed by atoms with Gasteiger partial charge in [0.05, 0.1) is 6.04 Å². The smallest absolute Gasteiger partial charge is 0.237 e. The van der Waals surface area contributed by atoms with Crippen molar-refractivity contribution in [3.05, 3.63) is 29.8 Å². The second-order valence-electron chi connectivity index (χ2n) is 6.20. The molecule has 7 heteroatoms. The Balaban J connectivity index is 0.00000312. The molecule has 1 aromatic carbocycles. The Morgan fingerprint density at radius 3 is 2.62 bits per heavy atom. The molecule has 1 amide bonds. The Labute approximate surface area is 170 Å². The van der Waals surface area contributed by atoms with Crippen molar-refractivity contribution in [1.29, 1.82) is 0 Å². The van der Waals surface area contributed by atoms with E-state index < -0.39 is 0 Å². The van der Waals surface area contributed by atoms with E-state index in [1.165, 1.54) is 0 Å². The molecule has 5 nitrogen and oxygen atoms in total. The molecule has 2 N–H and O–H groups in total. The number of nitrogens with one attached hydrogen (secondary N) is 2. The first kappa shape index (κ1) is 25.0. The highest BCUT2D eigenvalue weighted by atomic mass is 35.5. The van der Waals surface area contributed by atoms with E-state index in [1.807, 2.05) is 24.3 Å². The summed E-state index contributed by atoms with van der Waals surface area (Å²) in [5.74, 6) is 0.953. The molecule has 1 fully saturated rings. The predicted octanol–water partition coefficient (Wildman–Crippen LogP) is 3.01. The first-order chi connectivity index (χ1) is 11.7. The molecule has 1 saturated heterocycles. The van der Waals surface area contributed by atoms with Crippen molar-refractivity contribution in [2.45, 2.75) is 45.7 Å². The molecule has 0 bridgehead atoms. The Bertz CT molecular complexity index is 507. The summed E-state index contributed by atoms with van der Waals surface area (Å²) in [6.07, 6.45) is 3.21. The summed E-state index contributed by atoms with van der Waals surface area (Å²) < 4.78 is 5.94. The highest BCUT2D eigenvalue weighted by Crippen LogP contribution is 2.18. The van der Waals surface area contributed by atoms with Crippen LogP contribution in [0.5, 0.6) is 5.75 Å². The molecule has 0 aliphatic carbocycles. The third-order valence-corrected chi connectivity index (χ3v) is 4.61. The maximum atomic E-state index is 12.2. The largest absolute Gasteiger partial charge is 0.492 e. The number of piperidine rings is 1. The van der Waals surface area contributed by atoms with Gasteiger partial charge in [0, 0.05) is 18.7 Å². The molecule has 1 unspecified atom stereocenters. The van der Waals surface area contributed by atoms with Gasteiger partial charge in [0.2, 0.25) is 5.91 Å². The quantitative estimate of drug-likeness (QED) is 0.662. The van der Waals surface area contributed by atoms with Gasteiger partial charge in [-0.05, 0) is 38.5 Å². The fourth-order valence-electron chi connectivity index (χ4n) is 3.00. The van der Waals surface area contributed by atoms with E-state index in [9.17, 15) is 4.79 Å². The number of amides is 1. The van der Waals surface area contributed by atoms with Crippen LogP contribution in [-0.4, -0.2) is 49.6 Å². The van der Waals surface area contributed by atoms with Crippen LogP contribution in [0.4, 0.5) is 0 Å². The summed E-state index contributed by atoms with van der Waals surface area (Å²) in [5.41, 5.74) is 1.03. The van der Waals surface area contributed by atoms with Gasteiger partial charge >= 0.3 is 0 Å². The zero-order valence-electron chi connectivity index (χ0n) is 15.8. The lowest BCUT2D eigenvalue weighted by atomic mass is 10.0. The lowest BCUT2D eigenvalue weighted by molar-refractivity contribution is -0.123. The molecule has 0 saturated carbocycles. The number of hydrogen-bond acceptors (Lipinski definition) is 4. The highest BCUT2D eigenvalue weighted by Gasteiger charge is 2.20. The highest BCUT2D eigenvalue weighted by molar-refractivity contribution is 5.85. The van der Waals surface area contributed by atoms with E-state index in [2.05, 4.69) is 29.4 Å². The molecule has 0 radical (unpaired) electrons. The van der Waals surface area contributed by atoms with Crippen LogP contribution >= 0.6 is 24.8 Å². The molecule has 1 atom stereocenters. The minimum atomic E-state index is -0.0468. The molecular weight excluding hydrogens is 373 g/mol. The van der Waals surface area contributed by atoms with Crippen LogP contribution in [0.3, 0.4) is 0 Å². The number of likely N-dealkylation sites (N-methyl/N-ethyl adjacent to an activating group) is 1. The van der Waals surface area contributed by atoms with Gasteiger partial charge in [-0.1, -0.05) is 38.5 Å². The van der Waals surface area contributed by atoms with Crippen molar-refractivity contribution >= 4 is 30.7 Å². The van der Waals surface area contributed by atoms with Gasteiger partial charge in [-0.25, -0.2) is 0 Å². The second-order valence-corrected chi connectivity index (χ2v) is 6.20. The zero-order valence-corrected chi connectivity index (χ0v) is 17.5. The lowest BCUT2D eigenvalue weighted by Crippen LogP contribution is -2.46. The van der Waals surface area contributed by atoms with Crippen molar-refractivity contribution < 1.29 is 9.53 Å². The molecule has 1 heterocycles. The third kappa shape index (κ3) is 8.12. The zero-order chi connectivity index (χ0) is 17.2. The van der Waals surface area contributed by atoms with Crippen LogP contribution in [-0.2, 0) is 11.3 Å². The van der Waals surface area contributed by atoms with Gasteiger partial charge in [0.1, 0.15) is 12.4 Å². The summed E-state index contributed by atoms with van der Waals surface area (Å²) in [4.78, 5) is 14.6. The van der Waals surface area contributed by atoms with Crippen LogP contribution in [0.15, 0.2) is 24.3 Å². The van der Waals surface area contributed by atoms with E-state index in [-0.39, 0.29) is 36.8 Å².